The number of hydrogen-bond donors (Lipinski definition) is 1. The van der Waals surface area contributed by atoms with Crippen molar-refractivity contribution in [3.05, 3.63) is 87.2 Å². The van der Waals surface area contributed by atoms with Crippen LogP contribution in [0.25, 0.3) is 22.2 Å². The summed E-state index contributed by atoms with van der Waals surface area (Å²) in [6.07, 6.45) is 1.59. The van der Waals surface area contributed by atoms with Gasteiger partial charge in [-0.25, -0.2) is 9.78 Å². The first-order valence-electron chi connectivity index (χ1n) is 9.00. The predicted molar refractivity (Wildman–Crippen MR) is 111 cm³/mol. The summed E-state index contributed by atoms with van der Waals surface area (Å²) in [6.45, 7) is 0.301. The van der Waals surface area contributed by atoms with Gasteiger partial charge in [-0.05, 0) is 34.9 Å². The summed E-state index contributed by atoms with van der Waals surface area (Å²) in [4.78, 5) is 32.0. The van der Waals surface area contributed by atoms with E-state index >= 15 is 0 Å². The average Bonchev–Trinajstić information content (AvgIpc) is 2.76. The van der Waals surface area contributed by atoms with Crippen LogP contribution in [0.1, 0.15) is 5.56 Å². The van der Waals surface area contributed by atoms with Crippen LogP contribution < -0.4 is 20.7 Å². The van der Waals surface area contributed by atoms with Gasteiger partial charge in [0.15, 0.2) is 11.5 Å². The Morgan fingerprint density at radius 1 is 0.966 bits per heavy atom. The van der Waals surface area contributed by atoms with Crippen LogP contribution in [-0.2, 0) is 6.54 Å². The standard InChI is InChI=1S/C22H19N3O4/c1-28-17-9-8-15(12-18(17)29-2)16-10-11-23-20-19(16)21(26)24-22(27)25(20)13-14-6-4-3-5-7-14/h3-12H,13H2,1-2H3,(H,24,26,27). The summed E-state index contributed by atoms with van der Waals surface area (Å²) in [5.41, 5.74) is 1.69. The van der Waals surface area contributed by atoms with Crippen molar-refractivity contribution in [2.75, 3.05) is 14.2 Å². The Kier molecular flexibility index (Phi) is 4.87. The molecule has 0 unspecified atom stereocenters. The third-order valence-corrected chi connectivity index (χ3v) is 4.76. The lowest BCUT2D eigenvalue weighted by atomic mass is 10.0. The molecule has 0 bridgehead atoms. The van der Waals surface area contributed by atoms with Crippen molar-refractivity contribution in [1.29, 1.82) is 0 Å². The fourth-order valence-electron chi connectivity index (χ4n) is 3.36. The third kappa shape index (κ3) is 3.38. The number of rotatable bonds is 5. The van der Waals surface area contributed by atoms with Crippen LogP contribution in [0.2, 0.25) is 0 Å². The Hall–Kier alpha value is -3.87. The molecule has 4 rings (SSSR count). The maximum absolute atomic E-state index is 12.7. The van der Waals surface area contributed by atoms with Crippen molar-refractivity contribution in [3.63, 3.8) is 0 Å². The van der Waals surface area contributed by atoms with E-state index in [4.69, 9.17) is 9.47 Å². The molecule has 7 nitrogen and oxygen atoms in total. The minimum atomic E-state index is -0.497. The lowest BCUT2D eigenvalue weighted by Crippen LogP contribution is -2.31. The van der Waals surface area contributed by atoms with E-state index in [9.17, 15) is 9.59 Å². The minimum absolute atomic E-state index is 0.301. The number of nitrogens with zero attached hydrogens (tertiary/aromatic N) is 2. The number of H-pyrrole nitrogens is 1. The summed E-state index contributed by atoms with van der Waals surface area (Å²) in [5, 5.41) is 0.343. The number of hydrogen-bond acceptors (Lipinski definition) is 5. The van der Waals surface area contributed by atoms with Crippen molar-refractivity contribution < 1.29 is 9.47 Å². The Labute approximate surface area is 166 Å². The molecule has 1 N–H and O–H groups in total. The molecule has 0 aliphatic carbocycles. The van der Waals surface area contributed by atoms with Gasteiger partial charge in [0.2, 0.25) is 0 Å². The van der Waals surface area contributed by atoms with Gasteiger partial charge in [-0.2, -0.15) is 0 Å². The van der Waals surface area contributed by atoms with Crippen LogP contribution >= 0.6 is 0 Å². The topological polar surface area (TPSA) is 86.2 Å². The zero-order chi connectivity index (χ0) is 20.4. The molecular weight excluding hydrogens is 370 g/mol. The molecule has 0 atom stereocenters. The van der Waals surface area contributed by atoms with Gasteiger partial charge in [0.25, 0.3) is 5.56 Å². The van der Waals surface area contributed by atoms with Crippen molar-refractivity contribution in [3.8, 4) is 22.6 Å². The summed E-state index contributed by atoms with van der Waals surface area (Å²) < 4.78 is 12.1. The molecule has 0 radical (unpaired) electrons. The van der Waals surface area contributed by atoms with Crippen molar-refractivity contribution >= 4 is 11.0 Å². The van der Waals surface area contributed by atoms with E-state index in [1.165, 1.54) is 4.57 Å². The second-order valence-corrected chi connectivity index (χ2v) is 6.46. The second kappa shape index (κ2) is 7.63. The number of aromatic amines is 1. The van der Waals surface area contributed by atoms with E-state index in [0.717, 1.165) is 11.1 Å². The fraction of sp³-hybridized carbons (Fsp3) is 0.136. The summed E-state index contributed by atoms with van der Waals surface area (Å²) in [6, 6.07) is 16.7. The molecule has 0 amide bonds. The third-order valence-electron chi connectivity index (χ3n) is 4.76. The molecule has 0 spiro atoms. The van der Waals surface area contributed by atoms with Crippen LogP contribution in [0.3, 0.4) is 0 Å². The first-order chi connectivity index (χ1) is 14.1. The first kappa shape index (κ1) is 18.5. The molecule has 0 fully saturated rings. The first-order valence-corrected chi connectivity index (χ1v) is 9.00. The Morgan fingerprint density at radius 3 is 2.45 bits per heavy atom. The van der Waals surface area contributed by atoms with Crippen molar-refractivity contribution in [2.24, 2.45) is 0 Å². The molecule has 0 aliphatic rings. The van der Waals surface area contributed by atoms with E-state index in [0.29, 0.717) is 34.6 Å². The molecular formula is C22H19N3O4. The van der Waals surface area contributed by atoms with Crippen LogP contribution in [-0.4, -0.2) is 28.8 Å². The number of benzene rings is 2. The summed E-state index contributed by atoms with van der Waals surface area (Å²) in [5.74, 6) is 1.13. The van der Waals surface area contributed by atoms with Gasteiger partial charge in [0.1, 0.15) is 5.65 Å². The lowest BCUT2D eigenvalue weighted by Gasteiger charge is -2.13. The molecule has 146 valence electrons. The number of nitrogens with one attached hydrogen (secondary N) is 1. The van der Waals surface area contributed by atoms with Crippen molar-refractivity contribution in [1.82, 2.24) is 14.5 Å². The zero-order valence-electron chi connectivity index (χ0n) is 16.0. The zero-order valence-corrected chi connectivity index (χ0v) is 16.0. The SMILES string of the molecule is COc1ccc(-c2ccnc3c2c(=O)[nH]c(=O)n3Cc2ccccc2)cc1OC. The van der Waals surface area contributed by atoms with Gasteiger partial charge in [-0.3, -0.25) is 14.3 Å². The highest BCUT2D eigenvalue weighted by atomic mass is 16.5. The molecule has 7 heteroatoms. The highest BCUT2D eigenvalue weighted by Gasteiger charge is 2.15. The number of ether oxygens (including phenoxy) is 2. The van der Waals surface area contributed by atoms with Crippen LogP contribution in [0, 0.1) is 0 Å². The van der Waals surface area contributed by atoms with Gasteiger partial charge in [-0.1, -0.05) is 36.4 Å². The maximum atomic E-state index is 12.7. The number of pyridine rings is 1. The van der Waals surface area contributed by atoms with Gasteiger partial charge in [-0.15, -0.1) is 0 Å². The van der Waals surface area contributed by atoms with E-state index in [1.807, 2.05) is 36.4 Å². The predicted octanol–water partition coefficient (Wildman–Crippen LogP) is 2.82. The molecule has 2 aromatic carbocycles. The van der Waals surface area contributed by atoms with Crippen LogP contribution in [0.15, 0.2) is 70.4 Å². The highest BCUT2D eigenvalue weighted by molar-refractivity contribution is 5.92. The van der Waals surface area contributed by atoms with Crippen LogP contribution in [0.4, 0.5) is 0 Å². The monoisotopic (exact) mass is 389 g/mol. The number of methoxy groups -OCH3 is 2. The van der Waals surface area contributed by atoms with Crippen LogP contribution in [0.5, 0.6) is 11.5 Å². The van der Waals surface area contributed by atoms with Crippen molar-refractivity contribution in [2.45, 2.75) is 6.54 Å². The molecule has 0 saturated heterocycles. The minimum Gasteiger partial charge on any atom is -0.493 e. The molecule has 0 aliphatic heterocycles. The summed E-state index contributed by atoms with van der Waals surface area (Å²) in [7, 11) is 3.11. The normalized spacial score (nSPS) is 10.8. The van der Waals surface area contributed by atoms with Gasteiger partial charge in [0.05, 0.1) is 26.2 Å². The number of fused-ring (bicyclic) bond motifs is 1. The molecule has 2 aromatic heterocycles. The Morgan fingerprint density at radius 2 is 1.72 bits per heavy atom. The van der Waals surface area contributed by atoms with E-state index in [2.05, 4.69) is 9.97 Å². The quantitative estimate of drug-likeness (QED) is 0.567. The number of aromatic nitrogens is 3. The van der Waals surface area contributed by atoms with Gasteiger partial charge >= 0.3 is 5.69 Å². The van der Waals surface area contributed by atoms with Gasteiger partial charge < -0.3 is 9.47 Å². The maximum Gasteiger partial charge on any atom is 0.330 e. The second-order valence-electron chi connectivity index (χ2n) is 6.46. The molecule has 4 aromatic rings. The van der Waals surface area contributed by atoms with E-state index < -0.39 is 11.2 Å². The van der Waals surface area contributed by atoms with E-state index in [-0.39, 0.29) is 0 Å². The summed E-state index contributed by atoms with van der Waals surface area (Å²) >= 11 is 0. The Balaban J connectivity index is 1.95. The molecule has 29 heavy (non-hydrogen) atoms. The van der Waals surface area contributed by atoms with Gasteiger partial charge in [0, 0.05) is 6.20 Å². The smallest absolute Gasteiger partial charge is 0.330 e. The van der Waals surface area contributed by atoms with E-state index in [1.54, 1.807) is 38.6 Å². The molecule has 0 saturated carbocycles. The molecule has 2 heterocycles. The Bertz CT molecular complexity index is 1290. The fourth-order valence-corrected chi connectivity index (χ4v) is 3.36. The highest BCUT2D eigenvalue weighted by Crippen LogP contribution is 2.33. The largest absolute Gasteiger partial charge is 0.493 e. The average molecular weight is 389 g/mol. The lowest BCUT2D eigenvalue weighted by molar-refractivity contribution is 0.355.